The van der Waals surface area contributed by atoms with Crippen molar-refractivity contribution in [2.75, 3.05) is 18.4 Å². The molecule has 32 heavy (non-hydrogen) atoms. The van der Waals surface area contributed by atoms with Crippen molar-refractivity contribution >= 4 is 28.3 Å². The van der Waals surface area contributed by atoms with Crippen LogP contribution in [-0.2, 0) is 4.79 Å². The van der Waals surface area contributed by atoms with Crippen LogP contribution < -0.4 is 10.1 Å². The Morgan fingerprint density at radius 3 is 2.38 bits per heavy atom. The summed E-state index contributed by atoms with van der Waals surface area (Å²) in [4.78, 5) is 27.4. The summed E-state index contributed by atoms with van der Waals surface area (Å²) in [6.45, 7) is 0.856. The summed E-state index contributed by atoms with van der Waals surface area (Å²) in [5.74, 6) is -1.09. The quantitative estimate of drug-likeness (QED) is 0.602. The van der Waals surface area contributed by atoms with Crippen LogP contribution in [0.2, 0.25) is 0 Å². The molecule has 1 heterocycles. The van der Waals surface area contributed by atoms with Crippen LogP contribution in [-0.4, -0.2) is 36.2 Å². The number of anilines is 1. The highest BCUT2D eigenvalue weighted by Gasteiger charge is 2.31. The number of hydrogen-bond acceptors (Lipinski definition) is 3. The van der Waals surface area contributed by atoms with Gasteiger partial charge in [0.05, 0.1) is 0 Å². The highest BCUT2D eigenvalue weighted by atomic mass is 19.4. The Morgan fingerprint density at radius 1 is 0.938 bits per heavy atom. The molecule has 0 saturated carbocycles. The second kappa shape index (κ2) is 8.90. The van der Waals surface area contributed by atoms with Gasteiger partial charge in [-0.2, -0.15) is 0 Å². The van der Waals surface area contributed by atoms with Crippen molar-refractivity contribution in [3.05, 3.63) is 72.3 Å². The van der Waals surface area contributed by atoms with Crippen LogP contribution in [0.15, 0.2) is 66.7 Å². The zero-order chi connectivity index (χ0) is 22.7. The summed E-state index contributed by atoms with van der Waals surface area (Å²) in [7, 11) is 0. The maximum Gasteiger partial charge on any atom is 0.573 e. The van der Waals surface area contributed by atoms with Crippen LogP contribution in [0.5, 0.6) is 5.75 Å². The molecule has 166 valence electrons. The molecule has 2 amide bonds. The lowest BCUT2D eigenvalue weighted by Crippen LogP contribution is -2.41. The standard InChI is InChI=1S/C24H21F3N2O3/c25-24(26,27)32-19-8-4-7-18(15-19)28-22(30)17-11-13-29(14-12-17)23(31)21-10-3-6-16-5-1-2-9-20(16)21/h1-10,15,17H,11-14H2,(H,28,30). The number of rotatable bonds is 4. The van der Waals surface area contributed by atoms with E-state index in [2.05, 4.69) is 10.1 Å². The first-order chi connectivity index (χ1) is 15.3. The highest BCUT2D eigenvalue weighted by molar-refractivity contribution is 6.07. The summed E-state index contributed by atoms with van der Waals surface area (Å²) in [5.41, 5.74) is 0.860. The van der Waals surface area contributed by atoms with E-state index in [-0.39, 0.29) is 23.4 Å². The van der Waals surface area contributed by atoms with Gasteiger partial charge in [-0.3, -0.25) is 9.59 Å². The first-order valence-corrected chi connectivity index (χ1v) is 10.2. The van der Waals surface area contributed by atoms with Gasteiger partial charge < -0.3 is 15.0 Å². The molecule has 0 unspecified atom stereocenters. The maximum absolute atomic E-state index is 13.1. The Bertz CT molecular complexity index is 1130. The SMILES string of the molecule is O=C(Nc1cccc(OC(F)(F)F)c1)C1CCN(C(=O)c2cccc3ccccc23)CC1. The number of halogens is 3. The minimum atomic E-state index is -4.80. The van der Waals surface area contributed by atoms with E-state index in [0.29, 0.717) is 31.5 Å². The molecule has 1 aliphatic heterocycles. The molecule has 0 aliphatic carbocycles. The summed E-state index contributed by atoms with van der Waals surface area (Å²) >= 11 is 0. The number of nitrogens with zero attached hydrogens (tertiary/aromatic N) is 1. The van der Waals surface area contributed by atoms with Gasteiger partial charge in [-0.1, -0.05) is 42.5 Å². The predicted molar refractivity (Wildman–Crippen MR) is 114 cm³/mol. The number of piperidine rings is 1. The Morgan fingerprint density at radius 2 is 1.62 bits per heavy atom. The van der Waals surface area contributed by atoms with Crippen molar-refractivity contribution in [2.45, 2.75) is 19.2 Å². The number of amides is 2. The molecule has 0 atom stereocenters. The van der Waals surface area contributed by atoms with Gasteiger partial charge in [0.25, 0.3) is 5.91 Å². The fourth-order valence-corrected chi connectivity index (χ4v) is 3.94. The van der Waals surface area contributed by atoms with Gasteiger partial charge in [0.1, 0.15) is 5.75 Å². The third-order valence-corrected chi connectivity index (χ3v) is 5.51. The molecule has 3 aromatic carbocycles. The zero-order valence-electron chi connectivity index (χ0n) is 17.1. The van der Waals surface area contributed by atoms with Gasteiger partial charge in [-0.25, -0.2) is 0 Å². The molecule has 0 spiro atoms. The van der Waals surface area contributed by atoms with Crippen LogP contribution >= 0.6 is 0 Å². The molecule has 0 aromatic heterocycles. The van der Waals surface area contributed by atoms with Crippen molar-refractivity contribution in [2.24, 2.45) is 5.92 Å². The van der Waals surface area contributed by atoms with Crippen LogP contribution in [0.3, 0.4) is 0 Å². The zero-order valence-corrected chi connectivity index (χ0v) is 17.1. The van der Waals surface area contributed by atoms with Gasteiger partial charge in [-0.05, 0) is 41.8 Å². The van der Waals surface area contributed by atoms with Crippen LogP contribution in [0.25, 0.3) is 10.8 Å². The lowest BCUT2D eigenvalue weighted by molar-refractivity contribution is -0.274. The molecule has 1 aliphatic rings. The average molecular weight is 442 g/mol. The summed E-state index contributed by atoms with van der Waals surface area (Å²) in [6.07, 6.45) is -3.85. The number of likely N-dealkylation sites (tertiary alicyclic amines) is 1. The third-order valence-electron chi connectivity index (χ3n) is 5.51. The first-order valence-electron chi connectivity index (χ1n) is 10.2. The normalized spacial score (nSPS) is 14.9. The van der Waals surface area contributed by atoms with Crippen molar-refractivity contribution in [1.29, 1.82) is 0 Å². The van der Waals surface area contributed by atoms with E-state index in [9.17, 15) is 22.8 Å². The Balaban J connectivity index is 1.37. The van der Waals surface area contributed by atoms with E-state index >= 15 is 0 Å². The molecular formula is C24H21F3N2O3. The Labute approximate surface area is 182 Å². The smallest absolute Gasteiger partial charge is 0.406 e. The number of carbonyl (C=O) groups excluding carboxylic acids is 2. The maximum atomic E-state index is 13.1. The second-order valence-electron chi connectivity index (χ2n) is 7.66. The molecule has 5 nitrogen and oxygen atoms in total. The van der Waals surface area contributed by atoms with Crippen LogP contribution in [0.1, 0.15) is 23.2 Å². The van der Waals surface area contributed by atoms with Crippen LogP contribution in [0, 0.1) is 5.92 Å². The van der Waals surface area contributed by atoms with E-state index in [1.54, 1.807) is 11.0 Å². The van der Waals surface area contributed by atoms with E-state index in [1.165, 1.54) is 18.2 Å². The summed E-state index contributed by atoms with van der Waals surface area (Å²) in [5, 5.41) is 4.53. The number of hydrogen-bond donors (Lipinski definition) is 1. The minimum Gasteiger partial charge on any atom is -0.406 e. The number of alkyl halides is 3. The van der Waals surface area contributed by atoms with Crippen molar-refractivity contribution in [1.82, 2.24) is 4.90 Å². The van der Waals surface area contributed by atoms with Gasteiger partial charge in [0.15, 0.2) is 0 Å². The van der Waals surface area contributed by atoms with Crippen molar-refractivity contribution < 1.29 is 27.5 Å². The fraction of sp³-hybridized carbons (Fsp3) is 0.250. The van der Waals surface area contributed by atoms with E-state index in [1.807, 2.05) is 36.4 Å². The summed E-state index contributed by atoms with van der Waals surface area (Å²) < 4.78 is 41.1. The third kappa shape index (κ3) is 5.01. The molecular weight excluding hydrogens is 421 g/mol. The summed E-state index contributed by atoms with van der Waals surface area (Å²) in [6, 6.07) is 18.5. The van der Waals surface area contributed by atoms with Crippen molar-refractivity contribution in [3.8, 4) is 5.75 Å². The minimum absolute atomic E-state index is 0.0716. The molecule has 1 saturated heterocycles. The Kier molecular flexibility index (Phi) is 6.03. The highest BCUT2D eigenvalue weighted by Crippen LogP contribution is 2.27. The number of ether oxygens (including phenoxy) is 1. The Hall–Kier alpha value is -3.55. The van der Waals surface area contributed by atoms with Crippen molar-refractivity contribution in [3.63, 3.8) is 0 Å². The fourth-order valence-electron chi connectivity index (χ4n) is 3.94. The van der Waals surface area contributed by atoms with Gasteiger partial charge >= 0.3 is 6.36 Å². The largest absolute Gasteiger partial charge is 0.573 e. The topological polar surface area (TPSA) is 58.6 Å². The van der Waals surface area contributed by atoms with E-state index in [0.717, 1.165) is 16.8 Å². The first kappa shape index (κ1) is 21.7. The average Bonchev–Trinajstić information content (AvgIpc) is 2.77. The number of carbonyl (C=O) groups is 2. The molecule has 8 heteroatoms. The van der Waals surface area contributed by atoms with Gasteiger partial charge in [0.2, 0.25) is 5.91 Å². The lowest BCUT2D eigenvalue weighted by atomic mass is 9.94. The molecule has 0 radical (unpaired) electrons. The molecule has 1 fully saturated rings. The number of nitrogens with one attached hydrogen (secondary N) is 1. The van der Waals surface area contributed by atoms with E-state index in [4.69, 9.17) is 0 Å². The molecule has 4 rings (SSSR count). The van der Waals surface area contributed by atoms with Gasteiger partial charge in [0, 0.05) is 36.3 Å². The monoisotopic (exact) mass is 442 g/mol. The predicted octanol–water partition coefficient (Wildman–Crippen LogP) is 5.23. The van der Waals surface area contributed by atoms with Gasteiger partial charge in [-0.15, -0.1) is 13.2 Å². The van der Waals surface area contributed by atoms with E-state index < -0.39 is 12.1 Å². The second-order valence-corrected chi connectivity index (χ2v) is 7.66. The molecule has 0 bridgehead atoms. The molecule has 1 N–H and O–H groups in total. The van der Waals surface area contributed by atoms with Crippen LogP contribution in [0.4, 0.5) is 18.9 Å². The molecule has 3 aromatic rings. The lowest BCUT2D eigenvalue weighted by Gasteiger charge is -2.31. The number of fused-ring (bicyclic) bond motifs is 1. The number of benzene rings is 3.